The molecule has 3 atom stereocenters. The summed E-state index contributed by atoms with van der Waals surface area (Å²) in [6.45, 7) is 2.68. The fourth-order valence-electron chi connectivity index (χ4n) is 4.74. The number of nitrogens with zero attached hydrogens (tertiary/aromatic N) is 2. The topological polar surface area (TPSA) is 68.3 Å². The molecule has 0 bridgehead atoms. The summed E-state index contributed by atoms with van der Waals surface area (Å²) < 4.78 is 11.5. The molecule has 2 fully saturated rings. The molecule has 0 aliphatic carbocycles. The molecule has 0 N–H and O–H groups in total. The average Bonchev–Trinajstić information content (AvgIpc) is 3.41. The number of hydrogen-bond donors (Lipinski definition) is 0. The maximum Gasteiger partial charge on any atom is 0.266 e. The summed E-state index contributed by atoms with van der Waals surface area (Å²) in [5, 5.41) is 1.98. The lowest BCUT2D eigenvalue weighted by molar-refractivity contribution is -0.126. The van der Waals surface area contributed by atoms with Gasteiger partial charge >= 0.3 is 0 Å². The second-order valence-corrected chi connectivity index (χ2v) is 9.14. The molecule has 7 nitrogen and oxygen atoms in total. The first-order valence-corrected chi connectivity index (χ1v) is 12.4. The maximum absolute atomic E-state index is 13.8. The molecule has 2 heterocycles. The van der Waals surface area contributed by atoms with E-state index in [2.05, 4.69) is 6.92 Å². The fourth-order valence-corrected chi connectivity index (χ4v) is 4.96. The van der Waals surface area contributed by atoms with Crippen LogP contribution in [0.25, 0.3) is 0 Å². The van der Waals surface area contributed by atoms with E-state index in [1.165, 1.54) is 0 Å². The second-order valence-electron chi connectivity index (χ2n) is 8.73. The highest BCUT2D eigenvalue weighted by molar-refractivity contribution is 6.36. The third-order valence-electron chi connectivity index (χ3n) is 6.50. The third kappa shape index (κ3) is 4.18. The van der Waals surface area contributed by atoms with Gasteiger partial charge in [0.2, 0.25) is 5.91 Å². The van der Waals surface area contributed by atoms with E-state index in [9.17, 15) is 9.59 Å². The Bertz CT molecular complexity index is 1270. The van der Waals surface area contributed by atoms with Crippen molar-refractivity contribution in [2.45, 2.75) is 31.9 Å². The molecule has 0 spiro atoms. The number of hydrogen-bond acceptors (Lipinski definition) is 6. The van der Waals surface area contributed by atoms with Gasteiger partial charge in [-0.1, -0.05) is 61.3 Å². The zero-order valence-corrected chi connectivity index (χ0v) is 20.9. The number of unbranched alkanes of at least 4 members (excludes halogenated alkanes) is 1. The molecule has 0 radical (unpaired) electrons. The molecule has 0 unspecified atom stereocenters. The zero-order valence-electron chi connectivity index (χ0n) is 20.1. The van der Waals surface area contributed by atoms with Crippen molar-refractivity contribution in [1.82, 2.24) is 0 Å². The number of ether oxygens (including phenoxy) is 2. The van der Waals surface area contributed by atoms with Crippen LogP contribution < -0.4 is 19.4 Å². The van der Waals surface area contributed by atoms with Gasteiger partial charge in [0, 0.05) is 0 Å². The largest absolute Gasteiger partial charge is 0.493 e. The van der Waals surface area contributed by atoms with Gasteiger partial charge in [-0.2, -0.15) is 0 Å². The summed E-state index contributed by atoms with van der Waals surface area (Å²) in [5.74, 6) is -0.384. The second kappa shape index (κ2) is 10.2. The minimum absolute atomic E-state index is 0.325. The van der Waals surface area contributed by atoms with Gasteiger partial charge in [0.25, 0.3) is 5.91 Å². The molecule has 2 amide bonds. The van der Waals surface area contributed by atoms with E-state index in [0.717, 1.165) is 29.0 Å². The Balaban J connectivity index is 1.56. The van der Waals surface area contributed by atoms with Crippen LogP contribution in [0.15, 0.2) is 72.8 Å². The SMILES string of the molecule is CCCCOc1ccc([C@H]2[C@H]3C(=O)N(c4ccccc4Cl)C(=O)[C@@H]3ON2c2ccccc2)cc1OC. The van der Waals surface area contributed by atoms with Gasteiger partial charge in [0.1, 0.15) is 5.92 Å². The molecule has 3 aromatic carbocycles. The van der Waals surface area contributed by atoms with Crippen LogP contribution in [-0.4, -0.2) is 31.6 Å². The number of fused-ring (bicyclic) bond motifs is 1. The highest BCUT2D eigenvalue weighted by Gasteiger charge is 2.60. The van der Waals surface area contributed by atoms with E-state index in [-0.39, 0.29) is 5.91 Å². The molecule has 5 rings (SSSR count). The van der Waals surface area contributed by atoms with Crippen LogP contribution in [0, 0.1) is 5.92 Å². The van der Waals surface area contributed by atoms with Crippen LogP contribution in [0.3, 0.4) is 0 Å². The monoisotopic (exact) mass is 506 g/mol. The van der Waals surface area contributed by atoms with Crippen molar-refractivity contribution in [1.29, 1.82) is 0 Å². The molecule has 186 valence electrons. The Morgan fingerprint density at radius 2 is 1.69 bits per heavy atom. The van der Waals surface area contributed by atoms with Crippen molar-refractivity contribution in [2.75, 3.05) is 23.7 Å². The number of para-hydroxylation sites is 2. The molecule has 3 aromatic rings. The molecular formula is C28H27ClN2O5. The third-order valence-corrected chi connectivity index (χ3v) is 6.82. The Labute approximate surface area is 215 Å². The first-order chi connectivity index (χ1) is 17.5. The number of halogens is 1. The number of rotatable bonds is 8. The Morgan fingerprint density at radius 3 is 2.42 bits per heavy atom. The Morgan fingerprint density at radius 1 is 0.944 bits per heavy atom. The number of methoxy groups -OCH3 is 1. The summed E-state index contributed by atoms with van der Waals surface area (Å²) in [6.07, 6.45) is 0.972. The quantitative estimate of drug-likeness (QED) is 0.293. The predicted molar refractivity (Wildman–Crippen MR) is 137 cm³/mol. The van der Waals surface area contributed by atoms with Crippen molar-refractivity contribution in [3.05, 3.63) is 83.4 Å². The number of hydroxylamine groups is 1. The molecule has 0 aromatic heterocycles. The Hall–Kier alpha value is -3.55. The summed E-state index contributed by atoms with van der Waals surface area (Å²) in [5.41, 5.74) is 1.87. The highest BCUT2D eigenvalue weighted by atomic mass is 35.5. The van der Waals surface area contributed by atoms with Crippen molar-refractivity contribution >= 4 is 34.8 Å². The molecule has 2 saturated heterocycles. The molecule has 8 heteroatoms. The van der Waals surface area contributed by atoms with Crippen LogP contribution >= 0.6 is 11.6 Å². The van der Waals surface area contributed by atoms with Crippen LogP contribution in [0.2, 0.25) is 5.02 Å². The van der Waals surface area contributed by atoms with E-state index < -0.39 is 24.0 Å². The average molecular weight is 507 g/mol. The van der Waals surface area contributed by atoms with E-state index >= 15 is 0 Å². The number of anilines is 2. The lowest BCUT2D eigenvalue weighted by Gasteiger charge is -2.29. The van der Waals surface area contributed by atoms with Crippen molar-refractivity contribution in [3.63, 3.8) is 0 Å². The number of imide groups is 1. The first-order valence-electron chi connectivity index (χ1n) is 12.0. The summed E-state index contributed by atoms with van der Waals surface area (Å²) >= 11 is 6.35. The van der Waals surface area contributed by atoms with E-state index in [0.29, 0.717) is 28.8 Å². The molecule has 2 aliphatic rings. The van der Waals surface area contributed by atoms with Crippen LogP contribution in [0.4, 0.5) is 11.4 Å². The van der Waals surface area contributed by atoms with Crippen LogP contribution in [0.5, 0.6) is 11.5 Å². The summed E-state index contributed by atoms with van der Waals surface area (Å²) in [7, 11) is 1.58. The molecular weight excluding hydrogens is 480 g/mol. The van der Waals surface area contributed by atoms with E-state index in [1.54, 1.807) is 36.4 Å². The predicted octanol–water partition coefficient (Wildman–Crippen LogP) is 5.58. The van der Waals surface area contributed by atoms with Gasteiger partial charge in [0.05, 0.1) is 36.2 Å². The van der Waals surface area contributed by atoms with Crippen molar-refractivity contribution < 1.29 is 23.9 Å². The summed E-state index contributed by atoms with van der Waals surface area (Å²) in [4.78, 5) is 34.6. The van der Waals surface area contributed by atoms with E-state index in [1.807, 2.05) is 48.5 Å². The van der Waals surface area contributed by atoms with Gasteiger partial charge < -0.3 is 9.47 Å². The summed E-state index contributed by atoms with van der Waals surface area (Å²) in [6, 6.07) is 21.3. The van der Waals surface area contributed by atoms with Crippen LogP contribution in [0.1, 0.15) is 31.4 Å². The molecule has 36 heavy (non-hydrogen) atoms. The number of benzene rings is 3. The molecule has 0 saturated carbocycles. The van der Waals surface area contributed by atoms with Gasteiger partial charge in [-0.15, -0.1) is 0 Å². The smallest absolute Gasteiger partial charge is 0.266 e. The minimum Gasteiger partial charge on any atom is -0.493 e. The zero-order chi connectivity index (χ0) is 25.2. The lowest BCUT2D eigenvalue weighted by Crippen LogP contribution is -2.37. The Kier molecular flexibility index (Phi) is 6.85. The van der Waals surface area contributed by atoms with Gasteiger partial charge in [0.15, 0.2) is 17.6 Å². The highest BCUT2D eigenvalue weighted by Crippen LogP contribution is 2.49. The van der Waals surface area contributed by atoms with Gasteiger partial charge in [-0.25, -0.2) is 9.96 Å². The van der Waals surface area contributed by atoms with Crippen LogP contribution in [-0.2, 0) is 14.4 Å². The minimum atomic E-state index is -0.981. The lowest BCUT2D eigenvalue weighted by atomic mass is 9.90. The fraction of sp³-hybridized carbons (Fsp3) is 0.286. The normalized spacial score (nSPS) is 21.1. The molecule has 2 aliphatic heterocycles. The number of carbonyl (C=O) groups excluding carboxylic acids is 2. The number of carbonyl (C=O) groups is 2. The van der Waals surface area contributed by atoms with Crippen molar-refractivity contribution in [3.8, 4) is 11.5 Å². The number of amides is 2. The van der Waals surface area contributed by atoms with Crippen molar-refractivity contribution in [2.24, 2.45) is 5.92 Å². The first kappa shape index (κ1) is 24.2. The standard InChI is InChI=1S/C28H27ClN2O5/c1-3-4-16-35-22-15-14-18(17-23(22)34-2)25-24-26(36-31(25)19-10-6-5-7-11-19)28(33)30(27(24)32)21-13-9-8-12-20(21)29/h5-15,17,24-26H,3-4,16H2,1-2H3/t24-,25+,26-/m1/s1. The van der Waals surface area contributed by atoms with E-state index in [4.69, 9.17) is 25.9 Å². The van der Waals surface area contributed by atoms with Gasteiger partial charge in [-0.3, -0.25) is 14.4 Å². The maximum atomic E-state index is 13.8. The van der Waals surface area contributed by atoms with Gasteiger partial charge in [-0.05, 0) is 48.4 Å².